The number of imidazole rings is 1. The first kappa shape index (κ1) is 9.76. The molecule has 90 valence electrons. The van der Waals surface area contributed by atoms with Crippen molar-refractivity contribution in [1.82, 2.24) is 29.6 Å². The highest BCUT2D eigenvalue weighted by molar-refractivity contribution is 5.42. The molecule has 6 heteroatoms. The molecule has 3 aromatic rings. The smallest absolute Gasteiger partial charge is 0.162 e. The molecule has 0 radical (unpaired) electrons. The molecule has 1 aliphatic rings. The first-order valence-electron chi connectivity index (χ1n) is 6.07. The van der Waals surface area contributed by atoms with Crippen molar-refractivity contribution in [3.05, 3.63) is 42.1 Å². The minimum atomic E-state index is 0.556. The Morgan fingerprint density at radius 2 is 2.17 bits per heavy atom. The van der Waals surface area contributed by atoms with Gasteiger partial charge < -0.3 is 4.40 Å². The van der Waals surface area contributed by atoms with E-state index in [0.717, 1.165) is 17.3 Å². The Labute approximate surface area is 103 Å². The first-order valence-corrected chi connectivity index (χ1v) is 6.07. The van der Waals surface area contributed by atoms with Crippen molar-refractivity contribution in [2.45, 2.75) is 25.3 Å². The molecule has 0 N–H and O–H groups in total. The van der Waals surface area contributed by atoms with Gasteiger partial charge >= 0.3 is 0 Å². The van der Waals surface area contributed by atoms with Crippen LogP contribution in [0.1, 0.15) is 30.0 Å². The topological polar surface area (TPSA) is 60.9 Å². The number of aromatic nitrogens is 6. The van der Waals surface area contributed by atoms with Gasteiger partial charge in [-0.05, 0) is 35.6 Å². The van der Waals surface area contributed by atoms with Crippen LogP contribution in [0.5, 0.6) is 0 Å². The van der Waals surface area contributed by atoms with Gasteiger partial charge in [0.2, 0.25) is 0 Å². The van der Waals surface area contributed by atoms with Gasteiger partial charge in [-0.25, -0.2) is 4.98 Å². The van der Waals surface area contributed by atoms with Crippen LogP contribution >= 0.6 is 0 Å². The molecule has 6 nitrogen and oxygen atoms in total. The van der Waals surface area contributed by atoms with Crippen molar-refractivity contribution in [3.8, 4) is 0 Å². The molecule has 4 rings (SSSR count). The van der Waals surface area contributed by atoms with Gasteiger partial charge in [-0.2, -0.15) is 4.80 Å². The fourth-order valence-corrected chi connectivity index (χ4v) is 2.20. The van der Waals surface area contributed by atoms with E-state index in [1.165, 1.54) is 29.5 Å². The summed E-state index contributed by atoms with van der Waals surface area (Å²) in [6, 6.07) is 4.25. The fourth-order valence-electron chi connectivity index (χ4n) is 2.20. The van der Waals surface area contributed by atoms with Crippen LogP contribution in [0.2, 0.25) is 0 Å². The van der Waals surface area contributed by atoms with E-state index in [-0.39, 0.29) is 0 Å². The van der Waals surface area contributed by atoms with Crippen molar-refractivity contribution in [2.75, 3.05) is 0 Å². The lowest BCUT2D eigenvalue weighted by Crippen LogP contribution is -2.03. The molecule has 0 spiro atoms. The minimum Gasteiger partial charge on any atom is -0.306 e. The third kappa shape index (κ3) is 1.66. The highest BCUT2D eigenvalue weighted by atomic mass is 15.6. The van der Waals surface area contributed by atoms with Gasteiger partial charge in [0.15, 0.2) is 6.33 Å². The molecule has 0 amide bonds. The Morgan fingerprint density at radius 1 is 1.22 bits per heavy atom. The zero-order valence-corrected chi connectivity index (χ0v) is 9.77. The molecule has 0 atom stereocenters. The number of hydrogen-bond donors (Lipinski definition) is 0. The third-order valence-corrected chi connectivity index (χ3v) is 3.27. The summed E-state index contributed by atoms with van der Waals surface area (Å²) in [5.41, 5.74) is 3.32. The van der Waals surface area contributed by atoms with E-state index in [9.17, 15) is 0 Å². The molecule has 0 aromatic carbocycles. The average molecular weight is 240 g/mol. The first-order chi connectivity index (χ1) is 8.88. The summed E-state index contributed by atoms with van der Waals surface area (Å²) < 4.78 is 2.08. The Hall–Kier alpha value is -2.24. The van der Waals surface area contributed by atoms with Crippen LogP contribution in [-0.2, 0) is 6.54 Å². The Bertz CT molecular complexity index is 680. The van der Waals surface area contributed by atoms with Crippen molar-refractivity contribution < 1.29 is 0 Å². The van der Waals surface area contributed by atoms with Gasteiger partial charge in [0.1, 0.15) is 12.2 Å². The van der Waals surface area contributed by atoms with E-state index >= 15 is 0 Å². The number of nitrogens with zero attached hydrogens (tertiary/aromatic N) is 6. The van der Waals surface area contributed by atoms with E-state index in [1.54, 1.807) is 0 Å². The lowest BCUT2D eigenvalue weighted by Gasteiger charge is -1.98. The quantitative estimate of drug-likeness (QED) is 0.691. The lowest BCUT2D eigenvalue weighted by atomic mass is 10.2. The molecule has 3 heterocycles. The summed E-state index contributed by atoms with van der Waals surface area (Å²) >= 11 is 0. The molecule has 0 unspecified atom stereocenters. The molecule has 1 aliphatic carbocycles. The Morgan fingerprint density at radius 3 is 2.94 bits per heavy atom. The summed E-state index contributed by atoms with van der Waals surface area (Å²) in [7, 11) is 0. The van der Waals surface area contributed by atoms with Crippen LogP contribution in [0.15, 0.2) is 30.9 Å². The van der Waals surface area contributed by atoms with Gasteiger partial charge in [-0.1, -0.05) is 6.07 Å². The molecule has 1 fully saturated rings. The summed E-state index contributed by atoms with van der Waals surface area (Å²) in [4.78, 5) is 6.07. The maximum Gasteiger partial charge on any atom is 0.162 e. The molecule has 18 heavy (non-hydrogen) atoms. The second-order valence-corrected chi connectivity index (χ2v) is 4.70. The summed E-state index contributed by atoms with van der Waals surface area (Å²) in [6.45, 7) is 0.556. The van der Waals surface area contributed by atoms with Crippen LogP contribution in [0.3, 0.4) is 0 Å². The Kier molecular flexibility index (Phi) is 1.97. The maximum absolute atomic E-state index is 4.54. The van der Waals surface area contributed by atoms with Crippen molar-refractivity contribution in [2.24, 2.45) is 0 Å². The van der Waals surface area contributed by atoms with Crippen molar-refractivity contribution in [1.29, 1.82) is 0 Å². The second-order valence-electron chi connectivity index (χ2n) is 4.70. The highest BCUT2D eigenvalue weighted by Gasteiger charge is 2.23. The molecule has 3 aromatic heterocycles. The van der Waals surface area contributed by atoms with E-state index in [1.807, 2.05) is 6.20 Å². The highest BCUT2D eigenvalue weighted by Crippen LogP contribution is 2.39. The van der Waals surface area contributed by atoms with E-state index < -0.39 is 0 Å². The van der Waals surface area contributed by atoms with Crippen LogP contribution in [-0.4, -0.2) is 29.6 Å². The lowest BCUT2D eigenvalue weighted by molar-refractivity contribution is 0.566. The molecular weight excluding hydrogens is 228 g/mol. The molecule has 0 saturated heterocycles. The summed E-state index contributed by atoms with van der Waals surface area (Å²) in [5.74, 6) is 0.761. The van der Waals surface area contributed by atoms with Crippen LogP contribution in [0.4, 0.5) is 0 Å². The number of rotatable bonds is 3. The molecule has 0 aliphatic heterocycles. The average Bonchev–Trinajstić information content (AvgIpc) is 2.96. The predicted octanol–water partition coefficient (Wildman–Crippen LogP) is 1.25. The maximum atomic E-state index is 4.54. The zero-order valence-electron chi connectivity index (χ0n) is 9.77. The predicted molar refractivity (Wildman–Crippen MR) is 64.1 cm³/mol. The van der Waals surface area contributed by atoms with Gasteiger partial charge in [-0.3, -0.25) is 0 Å². The van der Waals surface area contributed by atoms with Crippen LogP contribution < -0.4 is 0 Å². The standard InChI is InChI=1S/C12H12N6/c1-2-9(1)10-3-4-12-15-11(6-17(12)5-10)7-18-14-8-13-16-18/h3-6,8-9H,1-2,7H2. The van der Waals surface area contributed by atoms with E-state index in [0.29, 0.717) is 6.54 Å². The normalized spacial score (nSPS) is 15.3. The number of hydrogen-bond acceptors (Lipinski definition) is 4. The summed E-state index contributed by atoms with van der Waals surface area (Å²) in [5, 5.41) is 11.5. The number of tetrazole rings is 1. The fraction of sp³-hybridized carbons (Fsp3) is 0.333. The second kappa shape index (κ2) is 3.63. The van der Waals surface area contributed by atoms with Gasteiger partial charge in [0.05, 0.1) is 5.69 Å². The SMILES string of the molecule is c1nnn(Cc2cn3cc(C4CC4)ccc3n2)n1. The molecule has 1 saturated carbocycles. The Balaban J connectivity index is 1.70. The summed E-state index contributed by atoms with van der Waals surface area (Å²) in [6.07, 6.45) is 8.27. The van der Waals surface area contributed by atoms with Gasteiger partial charge in [0, 0.05) is 12.4 Å². The monoisotopic (exact) mass is 240 g/mol. The molecular formula is C12H12N6. The van der Waals surface area contributed by atoms with Crippen molar-refractivity contribution >= 4 is 5.65 Å². The number of pyridine rings is 1. The third-order valence-electron chi connectivity index (χ3n) is 3.27. The minimum absolute atomic E-state index is 0.556. The van der Waals surface area contributed by atoms with Gasteiger partial charge in [-0.15, -0.1) is 10.2 Å². The zero-order chi connectivity index (χ0) is 11.9. The van der Waals surface area contributed by atoms with E-state index in [2.05, 4.69) is 43.1 Å². The van der Waals surface area contributed by atoms with Crippen molar-refractivity contribution in [3.63, 3.8) is 0 Å². The van der Waals surface area contributed by atoms with Crippen LogP contribution in [0.25, 0.3) is 5.65 Å². The largest absolute Gasteiger partial charge is 0.306 e. The number of fused-ring (bicyclic) bond motifs is 1. The van der Waals surface area contributed by atoms with E-state index in [4.69, 9.17) is 0 Å². The molecule has 0 bridgehead atoms. The van der Waals surface area contributed by atoms with Gasteiger partial charge in [0.25, 0.3) is 0 Å². The van der Waals surface area contributed by atoms with Crippen LogP contribution in [0, 0.1) is 0 Å².